The fourth-order valence-electron chi connectivity index (χ4n) is 2.15. The summed E-state index contributed by atoms with van der Waals surface area (Å²) in [5.41, 5.74) is 0.852. The average molecular weight is 299 g/mol. The summed E-state index contributed by atoms with van der Waals surface area (Å²) >= 11 is 1.60. The van der Waals surface area contributed by atoms with Gasteiger partial charge in [-0.15, -0.1) is 11.3 Å². The van der Waals surface area contributed by atoms with Crippen LogP contribution in [0.3, 0.4) is 0 Å². The van der Waals surface area contributed by atoms with Gasteiger partial charge in [0.15, 0.2) is 0 Å². The SMILES string of the molecule is Cc1nc(C)c(CNC(=O)NCC(C)(C)CC(C)O)s1. The molecule has 1 unspecified atom stereocenters. The van der Waals surface area contributed by atoms with Crippen LogP contribution >= 0.6 is 11.3 Å². The van der Waals surface area contributed by atoms with E-state index in [-0.39, 0.29) is 17.6 Å². The molecule has 1 aromatic rings. The number of aromatic nitrogens is 1. The summed E-state index contributed by atoms with van der Waals surface area (Å²) in [4.78, 5) is 17.2. The van der Waals surface area contributed by atoms with Crippen LogP contribution in [0.2, 0.25) is 0 Å². The number of hydrogen-bond acceptors (Lipinski definition) is 4. The van der Waals surface area contributed by atoms with Crippen molar-refractivity contribution in [2.75, 3.05) is 6.54 Å². The van der Waals surface area contributed by atoms with Gasteiger partial charge in [0.05, 0.1) is 23.4 Å². The van der Waals surface area contributed by atoms with E-state index in [0.29, 0.717) is 19.5 Å². The molecule has 0 aliphatic carbocycles. The van der Waals surface area contributed by atoms with Gasteiger partial charge in [0, 0.05) is 11.4 Å². The zero-order chi connectivity index (χ0) is 15.3. The van der Waals surface area contributed by atoms with E-state index in [2.05, 4.69) is 15.6 Å². The van der Waals surface area contributed by atoms with Crippen molar-refractivity contribution in [3.8, 4) is 0 Å². The van der Waals surface area contributed by atoms with Gasteiger partial charge in [-0.05, 0) is 32.6 Å². The molecule has 0 saturated carbocycles. The van der Waals surface area contributed by atoms with Crippen LogP contribution in [-0.4, -0.2) is 28.8 Å². The van der Waals surface area contributed by atoms with Crippen LogP contribution in [-0.2, 0) is 6.54 Å². The molecule has 3 N–H and O–H groups in total. The predicted octanol–water partition coefficient (Wildman–Crippen LogP) is 2.36. The maximum atomic E-state index is 11.8. The molecule has 1 rings (SSSR count). The van der Waals surface area contributed by atoms with Gasteiger partial charge in [-0.25, -0.2) is 9.78 Å². The van der Waals surface area contributed by atoms with E-state index in [9.17, 15) is 9.90 Å². The minimum absolute atomic E-state index is 0.123. The minimum Gasteiger partial charge on any atom is -0.393 e. The molecule has 5 nitrogen and oxygen atoms in total. The maximum Gasteiger partial charge on any atom is 0.315 e. The smallest absolute Gasteiger partial charge is 0.315 e. The zero-order valence-electron chi connectivity index (χ0n) is 12.9. The first-order valence-electron chi connectivity index (χ1n) is 6.82. The molecular weight excluding hydrogens is 274 g/mol. The van der Waals surface area contributed by atoms with E-state index in [1.54, 1.807) is 18.3 Å². The van der Waals surface area contributed by atoms with Gasteiger partial charge in [0.1, 0.15) is 0 Å². The molecule has 114 valence electrons. The third-order valence-corrected chi connectivity index (χ3v) is 4.06. The van der Waals surface area contributed by atoms with Gasteiger partial charge in [0.25, 0.3) is 0 Å². The fraction of sp³-hybridized carbons (Fsp3) is 0.714. The topological polar surface area (TPSA) is 74.2 Å². The summed E-state index contributed by atoms with van der Waals surface area (Å²) in [6.45, 7) is 10.7. The van der Waals surface area contributed by atoms with Gasteiger partial charge < -0.3 is 15.7 Å². The van der Waals surface area contributed by atoms with Gasteiger partial charge in [-0.2, -0.15) is 0 Å². The molecule has 1 atom stereocenters. The molecule has 0 aromatic carbocycles. The first kappa shape index (κ1) is 16.9. The highest BCUT2D eigenvalue weighted by molar-refractivity contribution is 7.11. The maximum absolute atomic E-state index is 11.8. The number of rotatable bonds is 6. The summed E-state index contributed by atoms with van der Waals surface area (Å²) in [5.74, 6) is 0. The van der Waals surface area contributed by atoms with E-state index in [0.717, 1.165) is 15.6 Å². The highest BCUT2D eigenvalue weighted by Crippen LogP contribution is 2.21. The number of urea groups is 1. The van der Waals surface area contributed by atoms with Crippen LogP contribution < -0.4 is 10.6 Å². The Hall–Kier alpha value is -1.14. The van der Waals surface area contributed by atoms with Crippen molar-refractivity contribution in [3.63, 3.8) is 0 Å². The number of aliphatic hydroxyl groups is 1. The monoisotopic (exact) mass is 299 g/mol. The lowest BCUT2D eigenvalue weighted by molar-refractivity contribution is 0.129. The molecule has 0 radical (unpaired) electrons. The Labute approximate surface area is 124 Å². The molecule has 1 heterocycles. The standard InChI is InChI=1S/C14H25N3O2S/c1-9(18)6-14(4,5)8-16-13(19)15-7-12-10(2)17-11(3)20-12/h9,18H,6-8H2,1-5H3,(H2,15,16,19). The van der Waals surface area contributed by atoms with Gasteiger partial charge >= 0.3 is 6.03 Å². The van der Waals surface area contributed by atoms with Crippen LogP contribution in [0.15, 0.2) is 0 Å². The Balaban J connectivity index is 2.35. The second-order valence-corrected chi connectivity index (χ2v) is 7.28. The van der Waals surface area contributed by atoms with Crippen LogP contribution in [0.1, 0.15) is 42.8 Å². The zero-order valence-corrected chi connectivity index (χ0v) is 13.7. The highest BCUT2D eigenvalue weighted by atomic mass is 32.1. The minimum atomic E-state index is -0.363. The highest BCUT2D eigenvalue weighted by Gasteiger charge is 2.21. The number of nitrogens with one attached hydrogen (secondary N) is 2. The van der Waals surface area contributed by atoms with Crippen molar-refractivity contribution >= 4 is 17.4 Å². The summed E-state index contributed by atoms with van der Waals surface area (Å²) in [7, 11) is 0. The average Bonchev–Trinajstić information content (AvgIpc) is 2.61. The van der Waals surface area contributed by atoms with E-state index in [1.165, 1.54) is 0 Å². The third-order valence-electron chi connectivity index (χ3n) is 2.98. The summed E-state index contributed by atoms with van der Waals surface area (Å²) in [6.07, 6.45) is 0.290. The van der Waals surface area contributed by atoms with Crippen LogP contribution in [0.5, 0.6) is 0 Å². The van der Waals surface area contributed by atoms with E-state index < -0.39 is 0 Å². The first-order chi connectivity index (χ1) is 9.19. The Morgan fingerprint density at radius 2 is 2.05 bits per heavy atom. The normalized spacial score (nSPS) is 13.1. The first-order valence-corrected chi connectivity index (χ1v) is 7.64. The number of carbonyl (C=O) groups excluding carboxylic acids is 1. The molecule has 0 aliphatic rings. The Morgan fingerprint density at radius 1 is 1.40 bits per heavy atom. The quantitative estimate of drug-likeness (QED) is 0.755. The fourth-order valence-corrected chi connectivity index (χ4v) is 3.03. The van der Waals surface area contributed by atoms with E-state index >= 15 is 0 Å². The molecule has 1 aromatic heterocycles. The van der Waals surface area contributed by atoms with Gasteiger partial charge in [-0.3, -0.25) is 0 Å². The lowest BCUT2D eigenvalue weighted by Gasteiger charge is -2.26. The molecule has 2 amide bonds. The van der Waals surface area contributed by atoms with Crippen molar-refractivity contribution in [2.45, 2.75) is 53.7 Å². The van der Waals surface area contributed by atoms with E-state index in [4.69, 9.17) is 0 Å². The van der Waals surface area contributed by atoms with Gasteiger partial charge in [-0.1, -0.05) is 13.8 Å². The number of nitrogens with zero attached hydrogens (tertiary/aromatic N) is 1. The lowest BCUT2D eigenvalue weighted by atomic mass is 9.87. The Kier molecular flexibility index (Phi) is 5.95. The van der Waals surface area contributed by atoms with Gasteiger partial charge in [0.2, 0.25) is 0 Å². The van der Waals surface area contributed by atoms with Crippen molar-refractivity contribution in [3.05, 3.63) is 15.6 Å². The molecule has 0 fully saturated rings. The Morgan fingerprint density at radius 3 is 2.55 bits per heavy atom. The molecule has 0 spiro atoms. The number of amides is 2. The number of carbonyl (C=O) groups is 1. The Bertz CT molecular complexity index is 455. The second-order valence-electron chi connectivity index (χ2n) is 6.00. The molecule has 6 heteroatoms. The number of thiazole rings is 1. The van der Waals surface area contributed by atoms with Crippen molar-refractivity contribution < 1.29 is 9.90 Å². The van der Waals surface area contributed by atoms with Crippen molar-refractivity contribution in [1.82, 2.24) is 15.6 Å². The van der Waals surface area contributed by atoms with Crippen LogP contribution in [0.25, 0.3) is 0 Å². The summed E-state index contributed by atoms with van der Waals surface area (Å²) < 4.78 is 0. The second kappa shape index (κ2) is 7.04. The number of hydrogen-bond donors (Lipinski definition) is 3. The summed E-state index contributed by atoms with van der Waals surface area (Å²) in [5, 5.41) is 16.1. The molecule has 0 aliphatic heterocycles. The van der Waals surface area contributed by atoms with E-state index in [1.807, 2.05) is 27.7 Å². The number of aryl methyl sites for hydroxylation is 2. The van der Waals surface area contributed by atoms with Crippen molar-refractivity contribution in [1.29, 1.82) is 0 Å². The molecule has 0 saturated heterocycles. The lowest BCUT2D eigenvalue weighted by Crippen LogP contribution is -2.41. The van der Waals surface area contributed by atoms with Crippen LogP contribution in [0, 0.1) is 19.3 Å². The van der Waals surface area contributed by atoms with Crippen molar-refractivity contribution in [2.24, 2.45) is 5.41 Å². The largest absolute Gasteiger partial charge is 0.393 e. The third kappa shape index (κ3) is 5.88. The molecule has 20 heavy (non-hydrogen) atoms. The van der Waals surface area contributed by atoms with Crippen LogP contribution in [0.4, 0.5) is 4.79 Å². The summed E-state index contributed by atoms with van der Waals surface area (Å²) in [6, 6.07) is -0.186. The molecule has 0 bridgehead atoms. The number of aliphatic hydroxyl groups excluding tert-OH is 1. The molecular formula is C14H25N3O2S. The predicted molar refractivity (Wildman–Crippen MR) is 81.9 cm³/mol.